The summed E-state index contributed by atoms with van der Waals surface area (Å²) in [6, 6.07) is -19.0. The molecule has 0 aliphatic carbocycles. The van der Waals surface area contributed by atoms with Crippen LogP contribution in [0.2, 0.25) is 0 Å². The lowest BCUT2D eigenvalue weighted by molar-refractivity contribution is 0.479. The van der Waals surface area contributed by atoms with Crippen molar-refractivity contribution in [2.45, 2.75) is 0 Å². The number of ether oxygens (including phenoxy) is 1. The van der Waals surface area contributed by atoms with Crippen LogP contribution >= 0.6 is 0 Å². The van der Waals surface area contributed by atoms with Gasteiger partial charge in [-0.25, -0.2) is 0 Å². The van der Waals surface area contributed by atoms with Crippen LogP contribution in [0.25, 0.3) is 71.7 Å². The van der Waals surface area contributed by atoms with Gasteiger partial charge in [0.15, 0.2) is 0 Å². The van der Waals surface area contributed by atoms with E-state index in [4.69, 9.17) is 38.5 Å². The highest BCUT2D eigenvalue weighted by molar-refractivity contribution is 6.84. The number of benzene rings is 7. The Morgan fingerprint density at radius 1 is 0.532 bits per heavy atom. The Labute approximate surface area is 303 Å². The second-order valence-electron chi connectivity index (χ2n) is 10.6. The fraction of sp³-hybridized carbons (Fsp3) is 0. The van der Waals surface area contributed by atoms with Crippen LogP contribution in [0, 0.1) is 0 Å². The zero-order valence-corrected chi connectivity index (χ0v) is 23.2. The smallest absolute Gasteiger partial charge is 0.434 e. The van der Waals surface area contributed by atoms with Gasteiger partial charge in [-0.2, -0.15) is 0 Å². The van der Waals surface area contributed by atoms with Gasteiger partial charge in [0.05, 0.1) is 43.9 Å². The summed E-state index contributed by atoms with van der Waals surface area (Å²) in [6.45, 7) is -1.90. The zero-order chi connectivity index (χ0) is 51.5. The fourth-order valence-corrected chi connectivity index (χ4v) is 6.19. The first-order valence-corrected chi connectivity index (χ1v) is 14.0. The molecule has 0 saturated carbocycles. The highest BCUT2D eigenvalue weighted by Crippen LogP contribution is 2.44. The first-order chi connectivity index (χ1) is 33.3. The predicted octanol–water partition coefficient (Wildman–Crippen LogP) is 9.62. The minimum absolute atomic E-state index is 0.360. The highest BCUT2D eigenvalue weighted by atomic mass is 16.5. The van der Waals surface area contributed by atoms with Gasteiger partial charge in [0.2, 0.25) is 0 Å². The monoisotopic (exact) mass is 625 g/mol. The Hall–Kier alpha value is -6.20. The van der Waals surface area contributed by atoms with E-state index in [1.54, 1.807) is 0 Å². The Balaban J connectivity index is 1.31. The van der Waals surface area contributed by atoms with E-state index in [0.717, 1.165) is 4.57 Å². The molecule has 4 heterocycles. The molecule has 0 amide bonds. The molecule has 4 nitrogen and oxygen atoms in total. The summed E-state index contributed by atoms with van der Waals surface area (Å²) in [5.74, 6) is -1.93. The van der Waals surface area contributed by atoms with Gasteiger partial charge in [-0.15, -0.1) is 0 Å². The molecule has 0 bridgehead atoms. The zero-order valence-electron chi connectivity index (χ0n) is 47.2. The van der Waals surface area contributed by atoms with Gasteiger partial charge < -0.3 is 18.4 Å². The summed E-state index contributed by atoms with van der Waals surface area (Å²) >= 11 is 0. The van der Waals surface area contributed by atoms with Crippen molar-refractivity contribution in [3.8, 4) is 45.2 Å². The van der Waals surface area contributed by atoms with Gasteiger partial charge in [-0.05, 0) is 77.1 Å². The van der Waals surface area contributed by atoms with Crippen molar-refractivity contribution in [2.24, 2.45) is 0 Å². The van der Waals surface area contributed by atoms with Crippen LogP contribution < -0.4 is 20.3 Å². The quantitative estimate of drug-likeness (QED) is 0.180. The van der Waals surface area contributed by atoms with Gasteiger partial charge in [0, 0.05) is 43.7 Å². The lowest BCUT2D eigenvalue weighted by atomic mass is 9.50. The molecule has 47 heavy (non-hydrogen) atoms. The van der Waals surface area contributed by atoms with Crippen molar-refractivity contribution < 1.29 is 46.7 Å². The molecule has 0 N–H and O–H groups in total. The van der Waals surface area contributed by atoms with Crippen LogP contribution in [0.15, 0.2) is 149 Å². The summed E-state index contributed by atoms with van der Waals surface area (Å²) in [5.41, 5.74) is -5.70. The molecule has 9 aromatic rings. The molecule has 2 aliphatic heterocycles. The maximum Gasteiger partial charge on any atom is 0.434 e. The maximum absolute atomic E-state index is 9.93. The molecule has 0 saturated heterocycles. The van der Waals surface area contributed by atoms with Crippen molar-refractivity contribution in [2.75, 3.05) is 0 Å². The third-order valence-electron chi connectivity index (χ3n) is 8.12. The van der Waals surface area contributed by atoms with Gasteiger partial charge in [-0.3, -0.25) is 0 Å². The van der Waals surface area contributed by atoms with Crippen LogP contribution in [0.4, 0.5) is 0 Å². The summed E-state index contributed by atoms with van der Waals surface area (Å²) in [5, 5.41) is -1.60. The fourth-order valence-electron chi connectivity index (χ4n) is 6.19. The maximum atomic E-state index is 9.93. The van der Waals surface area contributed by atoms with E-state index < -0.39 is 241 Å². The number of hydrogen-bond acceptors (Lipinski definition) is 3. The van der Waals surface area contributed by atoms with E-state index in [9.17, 15) is 8.22 Å². The molecule has 0 atom stereocenters. The van der Waals surface area contributed by atoms with Crippen LogP contribution in [0.3, 0.4) is 0 Å². The average Bonchev–Trinajstić information content (AvgIpc) is 3.92. The van der Waals surface area contributed by atoms with E-state index >= 15 is 0 Å². The van der Waals surface area contributed by atoms with Crippen molar-refractivity contribution in [3.63, 3.8) is 0 Å². The largest absolute Gasteiger partial charge is 0.551 e. The molecular weight excluding hydrogens is 577 g/mol. The van der Waals surface area contributed by atoms with E-state index in [2.05, 4.69) is 0 Å². The molecular formula is C42H24BNO3. The average molecular weight is 626 g/mol. The number of fused-ring (bicyclic) bond motifs is 10. The molecule has 0 radical (unpaired) electrons. The highest BCUT2D eigenvalue weighted by Gasteiger charge is 2.41. The van der Waals surface area contributed by atoms with Gasteiger partial charge in [-0.1, -0.05) is 84.6 Å². The third-order valence-corrected chi connectivity index (χ3v) is 8.12. The second-order valence-corrected chi connectivity index (χ2v) is 10.6. The van der Waals surface area contributed by atoms with E-state index in [-0.39, 0.29) is 10.8 Å². The van der Waals surface area contributed by atoms with Gasteiger partial charge >= 0.3 is 6.92 Å². The van der Waals surface area contributed by atoms with Crippen molar-refractivity contribution in [1.82, 2.24) is 4.57 Å². The number of nitrogens with zero attached hydrogens (tertiary/aromatic N) is 1. The Bertz CT molecular complexity index is 4050. The molecule has 0 fully saturated rings. The topological polar surface area (TPSA) is 36.5 Å². The number of rotatable bonds is 2. The molecule has 0 unspecified atom stereocenters. The summed E-state index contributed by atoms with van der Waals surface area (Å²) in [6.07, 6.45) is 0. The Morgan fingerprint density at radius 2 is 1.23 bits per heavy atom. The summed E-state index contributed by atoms with van der Waals surface area (Å²) in [7, 11) is 0. The van der Waals surface area contributed by atoms with Gasteiger partial charge in [0.25, 0.3) is 0 Å². The molecule has 218 valence electrons. The predicted molar refractivity (Wildman–Crippen MR) is 191 cm³/mol. The van der Waals surface area contributed by atoms with Crippen molar-refractivity contribution >= 4 is 61.6 Å². The number of para-hydroxylation sites is 4. The summed E-state index contributed by atoms with van der Waals surface area (Å²) in [4.78, 5) is 0. The molecule has 11 rings (SSSR count). The number of furan rings is 1. The molecule has 7 aromatic carbocycles. The first kappa shape index (κ1) is 11.6. The van der Waals surface area contributed by atoms with Gasteiger partial charge in [0.1, 0.15) is 28.4 Å². The lowest BCUT2D eigenvalue weighted by Gasteiger charge is -2.33. The standard InChI is InChI=1S/C42H24BNO3/c1-5-15-34-28(10-1)29-11-2-6-16-35(29)44(34)26-20-21-38-33(24-26)43-42-32(30-12-3-8-18-37(30)47-43)22-25(23-40(42)46-38)27-14-9-19-39-41(27)31-13-4-7-17-36(31)45-39/h1-24H/i1D,2D,3D,4D,5D,6D,7D,8D,9D,10D,11D,12D,13D,14D,15D,16D,17D,18D,19D,20D,21D,22D,23D,24D. The van der Waals surface area contributed by atoms with Crippen LogP contribution in [-0.4, -0.2) is 11.5 Å². The van der Waals surface area contributed by atoms with Crippen molar-refractivity contribution in [1.29, 1.82) is 0 Å². The Kier molecular flexibility index (Phi) is 2.26. The SMILES string of the molecule is [2H]c1c([2H])c([2H])c2c(c1[2H])OB1c3c([2H])c(-n4c5c([2H])c([2H])c([2H])c([2H])c5c5c([2H])c([2H])c([2H])c([2H])c54)c([2H])c([2H])c3Oc3c([2H])c(-c4c([2H])c([2H])c([2H])c5oc6c([2H])c([2H])c([2H])c([2H])c6c45)c([2H])c-2c31. The lowest BCUT2D eigenvalue weighted by Crippen LogP contribution is -2.53. The minimum Gasteiger partial charge on any atom is -0.551 e. The molecule has 5 heteroatoms. The van der Waals surface area contributed by atoms with E-state index in [1.807, 2.05) is 0 Å². The molecule has 2 aliphatic rings. The second kappa shape index (κ2) is 9.18. The third kappa shape index (κ3) is 3.43. The number of hydrogen-bond donors (Lipinski definition) is 0. The first-order valence-electron chi connectivity index (χ1n) is 26.0. The van der Waals surface area contributed by atoms with Crippen LogP contribution in [0.1, 0.15) is 32.9 Å². The van der Waals surface area contributed by atoms with E-state index in [1.165, 1.54) is 0 Å². The molecule has 0 spiro atoms. The summed E-state index contributed by atoms with van der Waals surface area (Å²) < 4.78 is 234. The normalized spacial score (nSPS) is 20.1. The Morgan fingerprint density at radius 3 is 2.09 bits per heavy atom. The number of aromatic nitrogens is 1. The minimum atomic E-state index is -1.90. The van der Waals surface area contributed by atoms with Crippen LogP contribution in [0.5, 0.6) is 17.2 Å². The molecule has 2 aromatic heterocycles. The van der Waals surface area contributed by atoms with Crippen LogP contribution in [-0.2, 0) is 0 Å². The van der Waals surface area contributed by atoms with E-state index in [0.29, 0.717) is 0 Å². The van der Waals surface area contributed by atoms with Crippen molar-refractivity contribution in [3.05, 3.63) is 145 Å².